The number of hydrogen-bond acceptors (Lipinski definition) is 5. The van der Waals surface area contributed by atoms with Gasteiger partial charge in [-0.2, -0.15) is 0 Å². The van der Waals surface area contributed by atoms with Crippen LogP contribution in [0.1, 0.15) is 16.8 Å². The van der Waals surface area contributed by atoms with Crippen molar-refractivity contribution >= 4 is 46.6 Å². The summed E-state index contributed by atoms with van der Waals surface area (Å²) < 4.78 is 5.09. The summed E-state index contributed by atoms with van der Waals surface area (Å²) in [4.78, 5) is 31.8. The molecule has 30 heavy (non-hydrogen) atoms. The van der Waals surface area contributed by atoms with E-state index in [1.807, 2.05) is 0 Å². The number of thioether (sulfide) groups is 1. The Kier molecular flexibility index (Phi) is 7.42. The van der Waals surface area contributed by atoms with Gasteiger partial charge in [-0.15, -0.1) is 0 Å². The Morgan fingerprint density at radius 1 is 1.17 bits per heavy atom. The van der Waals surface area contributed by atoms with Crippen LogP contribution in [0.4, 0.5) is 5.69 Å². The lowest BCUT2D eigenvalue weighted by Gasteiger charge is -2.10. The Morgan fingerprint density at radius 2 is 1.83 bits per heavy atom. The van der Waals surface area contributed by atoms with Crippen LogP contribution in [0, 0.1) is 6.92 Å². The van der Waals surface area contributed by atoms with E-state index in [9.17, 15) is 9.59 Å². The molecule has 3 aromatic rings. The molecule has 0 unspecified atom stereocenters. The van der Waals surface area contributed by atoms with Crippen LogP contribution in [0.3, 0.4) is 0 Å². The zero-order chi connectivity index (χ0) is 21.7. The van der Waals surface area contributed by atoms with Crippen molar-refractivity contribution in [3.05, 3.63) is 79.7 Å². The molecule has 1 aromatic heterocycles. The molecular formula is C21H19Cl2N3O3S. The van der Waals surface area contributed by atoms with Gasteiger partial charge in [0.05, 0.1) is 18.6 Å². The second kappa shape index (κ2) is 10.0. The summed E-state index contributed by atoms with van der Waals surface area (Å²) in [5.41, 5.74) is 2.14. The zero-order valence-electron chi connectivity index (χ0n) is 16.3. The number of carbonyl (C=O) groups excluding carboxylic acids is 1. The molecule has 0 fully saturated rings. The van der Waals surface area contributed by atoms with Crippen LogP contribution in [0.5, 0.6) is 5.75 Å². The van der Waals surface area contributed by atoms with Crippen LogP contribution in [0.15, 0.2) is 52.4 Å². The van der Waals surface area contributed by atoms with Crippen LogP contribution >= 0.6 is 35.0 Å². The average Bonchev–Trinajstić information content (AvgIpc) is 2.73. The fraction of sp³-hybridized carbons (Fsp3) is 0.190. The molecule has 0 atom stereocenters. The number of nitrogens with one attached hydrogen (secondary N) is 2. The molecule has 1 heterocycles. The van der Waals surface area contributed by atoms with Crippen LogP contribution in [-0.2, 0) is 11.2 Å². The molecule has 2 aromatic carbocycles. The number of ether oxygens (including phenoxy) is 1. The standard InChI is InChI=1S/C21H19Cl2N3O3S/c1-12-18(10-15-16(22)4-3-5-17(15)23)25-21(26-20(12)28)30-11-19(27)24-13-6-8-14(29-2)9-7-13/h3-9H,10-11H2,1-2H3,(H,24,27)(H,25,26,28). The number of hydrogen-bond donors (Lipinski definition) is 2. The van der Waals surface area contributed by atoms with Gasteiger partial charge in [0, 0.05) is 27.7 Å². The van der Waals surface area contributed by atoms with Crippen molar-refractivity contribution in [2.45, 2.75) is 18.5 Å². The molecule has 0 aliphatic heterocycles. The molecule has 0 spiro atoms. The number of aromatic amines is 1. The van der Waals surface area contributed by atoms with Crippen LogP contribution < -0.4 is 15.6 Å². The number of benzene rings is 2. The van der Waals surface area contributed by atoms with Gasteiger partial charge in [-0.05, 0) is 48.9 Å². The highest BCUT2D eigenvalue weighted by atomic mass is 35.5. The molecule has 0 radical (unpaired) electrons. The molecule has 156 valence electrons. The monoisotopic (exact) mass is 463 g/mol. The van der Waals surface area contributed by atoms with Crippen molar-refractivity contribution in [3.63, 3.8) is 0 Å². The van der Waals surface area contributed by atoms with Crippen molar-refractivity contribution in [3.8, 4) is 5.75 Å². The Morgan fingerprint density at radius 3 is 2.47 bits per heavy atom. The number of aromatic nitrogens is 2. The van der Waals surface area contributed by atoms with Crippen LogP contribution in [0.2, 0.25) is 10.0 Å². The third-order valence-electron chi connectivity index (χ3n) is 4.35. The van der Waals surface area contributed by atoms with Gasteiger partial charge >= 0.3 is 0 Å². The highest BCUT2D eigenvalue weighted by Gasteiger charge is 2.14. The fourth-order valence-electron chi connectivity index (χ4n) is 2.67. The number of methoxy groups -OCH3 is 1. The smallest absolute Gasteiger partial charge is 0.254 e. The Bertz CT molecular complexity index is 1100. The summed E-state index contributed by atoms with van der Waals surface area (Å²) in [6, 6.07) is 12.3. The van der Waals surface area contributed by atoms with E-state index in [0.717, 1.165) is 11.8 Å². The topological polar surface area (TPSA) is 84.1 Å². The highest BCUT2D eigenvalue weighted by Crippen LogP contribution is 2.27. The Labute approximate surface area is 188 Å². The van der Waals surface area contributed by atoms with E-state index in [1.54, 1.807) is 56.5 Å². The number of H-pyrrole nitrogens is 1. The molecule has 0 bridgehead atoms. The van der Waals surface area contributed by atoms with Gasteiger partial charge in [0.1, 0.15) is 5.75 Å². The summed E-state index contributed by atoms with van der Waals surface area (Å²) in [5, 5.41) is 4.17. The first-order chi connectivity index (χ1) is 14.4. The van der Waals surface area contributed by atoms with Crippen molar-refractivity contribution < 1.29 is 9.53 Å². The molecule has 6 nitrogen and oxygen atoms in total. The minimum absolute atomic E-state index is 0.0876. The van der Waals surface area contributed by atoms with E-state index in [1.165, 1.54) is 0 Å². The summed E-state index contributed by atoms with van der Waals surface area (Å²) in [7, 11) is 1.58. The Balaban J connectivity index is 1.70. The van der Waals surface area contributed by atoms with Crippen molar-refractivity contribution in [2.75, 3.05) is 18.2 Å². The predicted molar refractivity (Wildman–Crippen MR) is 121 cm³/mol. The third kappa shape index (κ3) is 5.56. The molecule has 0 aliphatic carbocycles. The second-order valence-corrected chi connectivity index (χ2v) is 8.16. The molecule has 1 amide bonds. The second-order valence-electron chi connectivity index (χ2n) is 6.39. The van der Waals surface area contributed by atoms with E-state index < -0.39 is 0 Å². The van der Waals surface area contributed by atoms with E-state index in [2.05, 4.69) is 15.3 Å². The zero-order valence-corrected chi connectivity index (χ0v) is 18.6. The van der Waals surface area contributed by atoms with Gasteiger partial charge in [-0.1, -0.05) is 41.0 Å². The maximum absolute atomic E-state index is 12.3. The lowest BCUT2D eigenvalue weighted by Crippen LogP contribution is -2.18. The fourth-order valence-corrected chi connectivity index (χ4v) is 3.88. The normalized spacial score (nSPS) is 10.7. The highest BCUT2D eigenvalue weighted by molar-refractivity contribution is 7.99. The molecule has 0 saturated heterocycles. The third-order valence-corrected chi connectivity index (χ3v) is 5.93. The summed E-state index contributed by atoms with van der Waals surface area (Å²) in [6.45, 7) is 1.69. The summed E-state index contributed by atoms with van der Waals surface area (Å²) in [5.74, 6) is 0.573. The first-order valence-corrected chi connectivity index (χ1v) is 10.7. The van der Waals surface area contributed by atoms with Crippen LogP contribution in [0.25, 0.3) is 0 Å². The van der Waals surface area contributed by atoms with Crippen LogP contribution in [-0.4, -0.2) is 28.7 Å². The largest absolute Gasteiger partial charge is 0.497 e. The molecule has 0 aliphatic rings. The van der Waals surface area contributed by atoms with E-state index >= 15 is 0 Å². The quantitative estimate of drug-likeness (QED) is 0.391. The molecule has 0 saturated carbocycles. The van der Waals surface area contributed by atoms with Gasteiger partial charge in [0.2, 0.25) is 5.91 Å². The number of carbonyl (C=O) groups is 1. The van der Waals surface area contributed by atoms with Gasteiger partial charge in [-0.3, -0.25) is 9.59 Å². The summed E-state index contributed by atoms with van der Waals surface area (Å²) >= 11 is 13.6. The molecule has 3 rings (SSSR count). The SMILES string of the molecule is COc1ccc(NC(=O)CSc2nc(Cc3c(Cl)cccc3Cl)c(C)c(=O)[nH]2)cc1. The Hall–Kier alpha value is -2.48. The van der Waals surface area contributed by atoms with E-state index in [4.69, 9.17) is 27.9 Å². The van der Waals surface area contributed by atoms with Gasteiger partial charge in [0.25, 0.3) is 5.56 Å². The minimum Gasteiger partial charge on any atom is -0.497 e. The lowest BCUT2D eigenvalue weighted by atomic mass is 10.1. The average molecular weight is 464 g/mol. The first kappa shape index (κ1) is 22.2. The van der Waals surface area contributed by atoms with Gasteiger partial charge in [0.15, 0.2) is 5.16 Å². The lowest BCUT2D eigenvalue weighted by molar-refractivity contribution is -0.113. The molecular weight excluding hydrogens is 445 g/mol. The number of nitrogens with zero attached hydrogens (tertiary/aromatic N) is 1. The summed E-state index contributed by atoms with van der Waals surface area (Å²) in [6.07, 6.45) is 0.319. The van der Waals surface area contributed by atoms with E-state index in [0.29, 0.717) is 49.9 Å². The van der Waals surface area contributed by atoms with Gasteiger partial charge in [-0.25, -0.2) is 4.98 Å². The van der Waals surface area contributed by atoms with Gasteiger partial charge < -0.3 is 15.0 Å². The number of halogens is 2. The molecule has 9 heteroatoms. The first-order valence-electron chi connectivity index (χ1n) is 8.96. The number of anilines is 1. The minimum atomic E-state index is -0.263. The maximum Gasteiger partial charge on any atom is 0.254 e. The number of rotatable bonds is 7. The van der Waals surface area contributed by atoms with Crippen molar-refractivity contribution in [1.29, 1.82) is 0 Å². The predicted octanol–water partition coefficient (Wildman–Crippen LogP) is 4.72. The number of amides is 1. The van der Waals surface area contributed by atoms with E-state index in [-0.39, 0.29) is 17.2 Å². The maximum atomic E-state index is 12.3. The van der Waals surface area contributed by atoms with Crippen molar-refractivity contribution in [1.82, 2.24) is 9.97 Å². The van der Waals surface area contributed by atoms with Crippen molar-refractivity contribution in [2.24, 2.45) is 0 Å². The molecule has 2 N–H and O–H groups in total.